The zero-order valence-corrected chi connectivity index (χ0v) is 14.2. The van der Waals surface area contributed by atoms with Gasteiger partial charge in [0.05, 0.1) is 11.2 Å². The molecule has 0 aliphatic heterocycles. The predicted molar refractivity (Wildman–Crippen MR) is 94.3 cm³/mol. The Bertz CT molecular complexity index is 506. The molecule has 0 heterocycles. The number of benzene rings is 1. The number of nitrogens with one attached hydrogen (secondary N) is 1. The van der Waals surface area contributed by atoms with Crippen LogP contribution < -0.4 is 10.3 Å². The van der Waals surface area contributed by atoms with Crippen molar-refractivity contribution in [3.63, 3.8) is 0 Å². The van der Waals surface area contributed by atoms with Crippen molar-refractivity contribution < 1.29 is 4.74 Å². The third-order valence-electron chi connectivity index (χ3n) is 2.64. The van der Waals surface area contributed by atoms with Crippen LogP contribution in [0.4, 0.5) is 5.69 Å². The van der Waals surface area contributed by atoms with E-state index in [2.05, 4.69) is 28.1 Å². The van der Waals surface area contributed by atoms with E-state index in [4.69, 9.17) is 16.3 Å². The molecule has 0 saturated heterocycles. The van der Waals surface area contributed by atoms with E-state index in [9.17, 15) is 0 Å². The fraction of sp³-hybridized carbons (Fsp3) is 0.429. The highest BCUT2D eigenvalue weighted by molar-refractivity contribution is 7.96. The predicted octanol–water partition coefficient (Wildman–Crippen LogP) is 2.65. The number of hydrogen-bond acceptors (Lipinski definition) is 4. The first-order chi connectivity index (χ1) is 10.0. The first kappa shape index (κ1) is 17.8. The lowest BCUT2D eigenvalue weighted by Gasteiger charge is -2.13. The summed E-state index contributed by atoms with van der Waals surface area (Å²) >= 11 is 10.4. The van der Waals surface area contributed by atoms with Gasteiger partial charge in [0.15, 0.2) is 5.17 Å². The van der Waals surface area contributed by atoms with Crippen LogP contribution in [0, 0.1) is 0 Å². The lowest BCUT2D eigenvalue weighted by Crippen LogP contribution is -2.12. The SMILES string of the molecule is COCCC/N=C(\S)N/N=C/c1ccc(N(C)C)cc1Cl. The average Bonchev–Trinajstić information content (AvgIpc) is 2.45. The second kappa shape index (κ2) is 9.65. The van der Waals surface area contributed by atoms with E-state index in [1.165, 1.54) is 0 Å². The number of methoxy groups -OCH3 is 1. The number of ether oxygens (including phenoxy) is 1. The quantitative estimate of drug-likeness (QED) is 0.266. The largest absolute Gasteiger partial charge is 0.385 e. The molecule has 0 atom stereocenters. The molecule has 0 aliphatic rings. The third kappa shape index (κ3) is 6.84. The van der Waals surface area contributed by atoms with Crippen molar-refractivity contribution in [2.24, 2.45) is 10.1 Å². The van der Waals surface area contributed by atoms with Gasteiger partial charge in [-0.15, -0.1) is 12.6 Å². The monoisotopic (exact) mass is 328 g/mol. The Morgan fingerprint density at radius 1 is 1.48 bits per heavy atom. The minimum atomic E-state index is 0.461. The molecule has 0 radical (unpaired) electrons. The summed E-state index contributed by atoms with van der Waals surface area (Å²) in [5.74, 6) is 0. The molecule has 5 nitrogen and oxygen atoms in total. The van der Waals surface area contributed by atoms with Gasteiger partial charge in [0.25, 0.3) is 0 Å². The number of nitrogens with zero attached hydrogens (tertiary/aromatic N) is 3. The van der Waals surface area contributed by atoms with Gasteiger partial charge in [-0.1, -0.05) is 11.6 Å². The van der Waals surface area contributed by atoms with Crippen LogP contribution in [0.15, 0.2) is 28.3 Å². The molecule has 0 aliphatic carbocycles. The maximum Gasteiger partial charge on any atom is 0.174 e. The van der Waals surface area contributed by atoms with E-state index >= 15 is 0 Å². The smallest absolute Gasteiger partial charge is 0.174 e. The summed E-state index contributed by atoms with van der Waals surface area (Å²) in [6, 6.07) is 5.79. The zero-order valence-electron chi connectivity index (χ0n) is 12.5. The molecule has 0 bridgehead atoms. The van der Waals surface area contributed by atoms with Gasteiger partial charge in [-0.3, -0.25) is 10.4 Å². The van der Waals surface area contributed by atoms with E-state index < -0.39 is 0 Å². The Morgan fingerprint density at radius 2 is 2.24 bits per heavy atom. The first-order valence-corrected chi connectivity index (χ1v) is 7.35. The second-order valence-corrected chi connectivity index (χ2v) is 5.35. The van der Waals surface area contributed by atoms with Crippen LogP contribution in [0.25, 0.3) is 0 Å². The molecule has 1 aromatic carbocycles. The zero-order chi connectivity index (χ0) is 15.7. The van der Waals surface area contributed by atoms with Crippen molar-refractivity contribution in [3.8, 4) is 0 Å². The van der Waals surface area contributed by atoms with Crippen LogP contribution in [0.5, 0.6) is 0 Å². The summed E-state index contributed by atoms with van der Waals surface area (Å²) in [7, 11) is 5.60. The number of thiol groups is 1. The average molecular weight is 329 g/mol. The summed E-state index contributed by atoms with van der Waals surface area (Å²) in [6.07, 6.45) is 2.49. The molecule has 0 saturated carbocycles. The molecule has 0 fully saturated rings. The maximum absolute atomic E-state index is 6.20. The molecule has 0 aromatic heterocycles. The molecule has 1 aromatic rings. The number of hydrogen-bond donors (Lipinski definition) is 2. The maximum atomic E-state index is 6.20. The van der Waals surface area contributed by atoms with Crippen molar-refractivity contribution in [2.75, 3.05) is 39.3 Å². The Morgan fingerprint density at radius 3 is 2.86 bits per heavy atom. The molecule has 116 valence electrons. The van der Waals surface area contributed by atoms with Crippen LogP contribution in [0.1, 0.15) is 12.0 Å². The molecule has 7 heteroatoms. The minimum Gasteiger partial charge on any atom is -0.385 e. The van der Waals surface area contributed by atoms with Crippen LogP contribution >= 0.6 is 24.2 Å². The highest BCUT2D eigenvalue weighted by atomic mass is 35.5. The molecule has 1 rings (SSSR count). The van der Waals surface area contributed by atoms with E-state index in [0.717, 1.165) is 17.7 Å². The van der Waals surface area contributed by atoms with Crippen LogP contribution in [-0.4, -0.2) is 45.7 Å². The van der Waals surface area contributed by atoms with Crippen LogP contribution in [0.2, 0.25) is 5.02 Å². The number of halogens is 1. The Balaban J connectivity index is 2.53. The highest BCUT2D eigenvalue weighted by Gasteiger charge is 2.01. The van der Waals surface area contributed by atoms with E-state index in [1.807, 2.05) is 37.2 Å². The molecule has 21 heavy (non-hydrogen) atoms. The molecular formula is C14H21ClN4OS. The summed E-state index contributed by atoms with van der Waals surface area (Å²) in [6.45, 7) is 1.33. The molecule has 0 spiro atoms. The van der Waals surface area contributed by atoms with Gasteiger partial charge < -0.3 is 9.64 Å². The van der Waals surface area contributed by atoms with E-state index in [-0.39, 0.29) is 0 Å². The molecule has 0 unspecified atom stereocenters. The lowest BCUT2D eigenvalue weighted by atomic mass is 10.2. The highest BCUT2D eigenvalue weighted by Crippen LogP contribution is 2.21. The van der Waals surface area contributed by atoms with Gasteiger partial charge in [0.2, 0.25) is 0 Å². The fourth-order valence-corrected chi connectivity index (χ4v) is 1.87. The number of aliphatic imine (C=N–C) groups is 1. The van der Waals surface area contributed by atoms with Gasteiger partial charge in [-0.25, -0.2) is 0 Å². The van der Waals surface area contributed by atoms with Gasteiger partial charge in [-0.05, 0) is 24.6 Å². The van der Waals surface area contributed by atoms with Gasteiger partial charge >= 0.3 is 0 Å². The van der Waals surface area contributed by atoms with Crippen molar-refractivity contribution in [3.05, 3.63) is 28.8 Å². The Labute approximate surface area is 136 Å². The Hall–Kier alpha value is -1.24. The second-order valence-electron chi connectivity index (χ2n) is 4.52. The standard InChI is InChI=1S/C14H21ClN4OS/c1-19(2)12-6-5-11(13(15)9-12)10-17-18-14(21)16-7-4-8-20-3/h5-6,9-10H,4,7-8H2,1-3H3,(H2,16,18,21)/b17-10+. The topological polar surface area (TPSA) is 49.2 Å². The van der Waals surface area contributed by atoms with E-state index in [0.29, 0.717) is 23.3 Å². The van der Waals surface area contributed by atoms with Crippen LogP contribution in [0.3, 0.4) is 0 Å². The molecule has 1 N–H and O–H groups in total. The summed E-state index contributed by atoms with van der Waals surface area (Å²) in [5, 5.41) is 5.17. The Kier molecular flexibility index (Phi) is 8.19. The fourth-order valence-electron chi connectivity index (χ4n) is 1.49. The van der Waals surface area contributed by atoms with Gasteiger partial charge in [0, 0.05) is 45.6 Å². The number of hydrazone groups is 1. The van der Waals surface area contributed by atoms with E-state index in [1.54, 1.807) is 13.3 Å². The summed E-state index contributed by atoms with van der Waals surface area (Å²) < 4.78 is 4.94. The lowest BCUT2D eigenvalue weighted by molar-refractivity contribution is 0.197. The number of amidine groups is 1. The molecule has 0 amide bonds. The van der Waals surface area contributed by atoms with Crippen molar-refractivity contribution >= 4 is 41.3 Å². The number of rotatable bonds is 7. The van der Waals surface area contributed by atoms with Crippen molar-refractivity contribution in [2.45, 2.75) is 6.42 Å². The van der Waals surface area contributed by atoms with Gasteiger partial charge in [0.1, 0.15) is 0 Å². The van der Waals surface area contributed by atoms with Crippen LogP contribution in [-0.2, 0) is 4.74 Å². The van der Waals surface area contributed by atoms with Gasteiger partial charge in [-0.2, -0.15) is 5.10 Å². The van der Waals surface area contributed by atoms with Crippen molar-refractivity contribution in [1.29, 1.82) is 0 Å². The summed E-state index contributed by atoms with van der Waals surface area (Å²) in [4.78, 5) is 6.18. The normalized spacial score (nSPS) is 12.0. The first-order valence-electron chi connectivity index (χ1n) is 6.53. The molecular weight excluding hydrogens is 308 g/mol. The minimum absolute atomic E-state index is 0.461. The van der Waals surface area contributed by atoms with Crippen molar-refractivity contribution in [1.82, 2.24) is 5.43 Å². The summed E-state index contributed by atoms with van der Waals surface area (Å²) in [5.41, 5.74) is 4.62. The number of anilines is 1. The third-order valence-corrected chi connectivity index (χ3v) is 3.21.